The molecule has 2 N–H and O–H groups in total. The summed E-state index contributed by atoms with van der Waals surface area (Å²) in [6.45, 7) is 5.56. The molecule has 0 aliphatic heterocycles. The number of hydrogen-bond donors (Lipinski definition) is 2. The van der Waals surface area contributed by atoms with E-state index >= 15 is 0 Å². The van der Waals surface area contributed by atoms with E-state index in [0.717, 1.165) is 56.9 Å². The molecule has 0 spiro atoms. The van der Waals surface area contributed by atoms with Gasteiger partial charge in [-0.2, -0.15) is 0 Å². The van der Waals surface area contributed by atoms with Gasteiger partial charge in [-0.05, 0) is 51.0 Å². The van der Waals surface area contributed by atoms with Crippen molar-refractivity contribution in [1.29, 1.82) is 0 Å². The lowest BCUT2D eigenvalue weighted by molar-refractivity contribution is -0.150. The van der Waals surface area contributed by atoms with Crippen molar-refractivity contribution in [3.8, 4) is 0 Å². The first-order valence-corrected chi connectivity index (χ1v) is 14.2. The Morgan fingerprint density at radius 1 is 0.811 bits per heavy atom. The third-order valence-electron chi connectivity index (χ3n) is 7.42. The first kappa shape index (κ1) is 29.0. The van der Waals surface area contributed by atoms with Crippen molar-refractivity contribution < 1.29 is 23.9 Å². The van der Waals surface area contributed by atoms with Gasteiger partial charge in [-0.3, -0.25) is 4.79 Å². The van der Waals surface area contributed by atoms with Crippen LogP contribution in [0.2, 0.25) is 0 Å². The summed E-state index contributed by atoms with van der Waals surface area (Å²) in [7, 11) is 0. The molecule has 2 amide bonds. The molecule has 7 heteroatoms. The minimum absolute atomic E-state index is 0.165. The Morgan fingerprint density at radius 2 is 1.35 bits per heavy atom. The normalized spacial score (nSPS) is 18.9. The Bertz CT molecular complexity index is 854. The standard InChI is InChI=1S/C30H46N2O5/c1-30(2,3)37-29(35)32-25(19-22-13-7-4-8-14-22)27(33)31-26(20-23-15-9-5-10-16-23)28(34)36-21-24-17-11-6-12-18-24/h6,11-12,17-18,22-23,25-26H,4-5,7-10,13-16,19-21H2,1-3H3,(H,31,33)(H,32,35)/t25-,26+/m1/s1. The van der Waals surface area contributed by atoms with Crippen LogP contribution in [0.4, 0.5) is 4.79 Å². The van der Waals surface area contributed by atoms with Crippen LogP contribution in [-0.2, 0) is 25.7 Å². The molecule has 2 fully saturated rings. The molecule has 3 rings (SSSR count). The minimum Gasteiger partial charge on any atom is -0.459 e. The molecular weight excluding hydrogens is 468 g/mol. The first-order chi connectivity index (χ1) is 17.7. The number of carbonyl (C=O) groups is 3. The maximum Gasteiger partial charge on any atom is 0.408 e. The second-order valence-electron chi connectivity index (χ2n) is 11.8. The van der Waals surface area contributed by atoms with Crippen LogP contribution in [0.5, 0.6) is 0 Å². The smallest absolute Gasteiger partial charge is 0.408 e. The number of nitrogens with one attached hydrogen (secondary N) is 2. The predicted octanol–water partition coefficient (Wildman–Crippen LogP) is 6.05. The number of hydrogen-bond acceptors (Lipinski definition) is 5. The summed E-state index contributed by atoms with van der Waals surface area (Å²) in [6.07, 6.45) is 11.7. The van der Waals surface area contributed by atoms with Crippen molar-refractivity contribution in [1.82, 2.24) is 10.6 Å². The largest absolute Gasteiger partial charge is 0.459 e. The average Bonchev–Trinajstić information content (AvgIpc) is 2.87. The molecule has 2 atom stereocenters. The molecular formula is C30H46N2O5. The molecule has 0 unspecified atom stereocenters. The van der Waals surface area contributed by atoms with E-state index in [9.17, 15) is 14.4 Å². The van der Waals surface area contributed by atoms with E-state index in [1.54, 1.807) is 20.8 Å². The highest BCUT2D eigenvalue weighted by Crippen LogP contribution is 2.29. The van der Waals surface area contributed by atoms with Crippen LogP contribution in [0, 0.1) is 11.8 Å². The summed E-state index contributed by atoms with van der Waals surface area (Å²) < 4.78 is 11.1. The van der Waals surface area contributed by atoms with E-state index < -0.39 is 29.7 Å². The van der Waals surface area contributed by atoms with Crippen molar-refractivity contribution in [3.05, 3.63) is 35.9 Å². The number of carbonyl (C=O) groups excluding carboxylic acids is 3. The molecule has 0 radical (unpaired) electrons. The van der Waals surface area contributed by atoms with E-state index in [2.05, 4.69) is 10.6 Å². The Balaban J connectivity index is 1.69. The highest BCUT2D eigenvalue weighted by atomic mass is 16.6. The molecule has 1 aromatic rings. The van der Waals surface area contributed by atoms with E-state index in [4.69, 9.17) is 9.47 Å². The average molecular weight is 515 g/mol. The molecule has 1 aromatic carbocycles. The lowest BCUT2D eigenvalue weighted by Gasteiger charge is -2.30. The highest BCUT2D eigenvalue weighted by molar-refractivity contribution is 5.89. The van der Waals surface area contributed by atoms with Crippen molar-refractivity contribution in [2.45, 2.75) is 122 Å². The zero-order valence-corrected chi connectivity index (χ0v) is 22.9. The third kappa shape index (κ3) is 10.7. The van der Waals surface area contributed by atoms with Crippen LogP contribution in [0.3, 0.4) is 0 Å². The number of benzene rings is 1. The molecule has 0 saturated heterocycles. The van der Waals surface area contributed by atoms with E-state index in [-0.39, 0.29) is 12.5 Å². The first-order valence-electron chi connectivity index (χ1n) is 14.2. The van der Waals surface area contributed by atoms with Gasteiger partial charge in [0.15, 0.2) is 0 Å². The highest BCUT2D eigenvalue weighted by Gasteiger charge is 2.33. The SMILES string of the molecule is CC(C)(C)OC(=O)N[C@H](CC1CCCCC1)C(=O)N[C@@H](CC1CCCCC1)C(=O)OCc1ccccc1. The number of alkyl carbamates (subject to hydrolysis) is 1. The molecule has 206 valence electrons. The van der Waals surface area contributed by atoms with E-state index in [0.29, 0.717) is 24.7 Å². The lowest BCUT2D eigenvalue weighted by Crippen LogP contribution is -2.53. The second-order valence-corrected chi connectivity index (χ2v) is 11.8. The summed E-state index contributed by atoms with van der Waals surface area (Å²) in [6, 6.07) is 8.05. The van der Waals surface area contributed by atoms with Gasteiger partial charge in [0, 0.05) is 0 Å². The molecule has 7 nitrogen and oxygen atoms in total. The van der Waals surface area contributed by atoms with Gasteiger partial charge in [-0.15, -0.1) is 0 Å². The quantitative estimate of drug-likeness (QED) is 0.371. The number of esters is 1. The van der Waals surface area contributed by atoms with Crippen LogP contribution in [0.25, 0.3) is 0 Å². The van der Waals surface area contributed by atoms with Gasteiger partial charge < -0.3 is 20.1 Å². The summed E-state index contributed by atoms with van der Waals surface area (Å²) in [5, 5.41) is 5.78. The fraction of sp³-hybridized carbons (Fsp3) is 0.700. The Hall–Kier alpha value is -2.57. The minimum atomic E-state index is -0.756. The van der Waals surface area contributed by atoms with Crippen molar-refractivity contribution in [2.24, 2.45) is 11.8 Å². The van der Waals surface area contributed by atoms with Crippen LogP contribution in [0.1, 0.15) is 103 Å². The Morgan fingerprint density at radius 3 is 1.89 bits per heavy atom. The van der Waals surface area contributed by atoms with Gasteiger partial charge >= 0.3 is 12.1 Å². The van der Waals surface area contributed by atoms with Crippen molar-refractivity contribution >= 4 is 18.0 Å². The zero-order valence-electron chi connectivity index (χ0n) is 22.9. The van der Waals surface area contributed by atoms with Gasteiger partial charge in [-0.25, -0.2) is 9.59 Å². The second kappa shape index (κ2) is 14.4. The van der Waals surface area contributed by atoms with Gasteiger partial charge in [0.25, 0.3) is 0 Å². The topological polar surface area (TPSA) is 93.7 Å². The summed E-state index contributed by atoms with van der Waals surface area (Å²) in [4.78, 5) is 39.4. The van der Waals surface area contributed by atoms with Gasteiger partial charge in [0.1, 0.15) is 24.3 Å². The summed E-state index contributed by atoms with van der Waals surface area (Å²) >= 11 is 0. The summed E-state index contributed by atoms with van der Waals surface area (Å²) in [5.41, 5.74) is 0.237. The lowest BCUT2D eigenvalue weighted by atomic mass is 9.84. The van der Waals surface area contributed by atoms with Gasteiger partial charge in [0.05, 0.1) is 0 Å². The van der Waals surface area contributed by atoms with Crippen molar-refractivity contribution in [3.63, 3.8) is 0 Å². The molecule has 2 saturated carbocycles. The number of ether oxygens (including phenoxy) is 2. The molecule has 0 aromatic heterocycles. The van der Waals surface area contributed by atoms with Gasteiger partial charge in [0.2, 0.25) is 5.91 Å². The van der Waals surface area contributed by atoms with E-state index in [1.165, 1.54) is 12.8 Å². The maximum atomic E-state index is 13.6. The third-order valence-corrected chi connectivity index (χ3v) is 7.42. The summed E-state index contributed by atoms with van der Waals surface area (Å²) in [5.74, 6) is -0.0226. The number of rotatable bonds is 10. The predicted molar refractivity (Wildman–Crippen MR) is 144 cm³/mol. The Kier molecular flexibility index (Phi) is 11.3. The molecule has 0 bridgehead atoms. The van der Waals surface area contributed by atoms with Crippen molar-refractivity contribution in [2.75, 3.05) is 0 Å². The van der Waals surface area contributed by atoms with E-state index in [1.807, 2.05) is 30.3 Å². The van der Waals surface area contributed by atoms with Gasteiger partial charge in [-0.1, -0.05) is 94.5 Å². The van der Waals surface area contributed by atoms with Crippen LogP contribution in [-0.4, -0.2) is 35.7 Å². The number of amides is 2. The van der Waals surface area contributed by atoms with Crippen LogP contribution >= 0.6 is 0 Å². The fourth-order valence-corrected chi connectivity index (χ4v) is 5.51. The molecule has 2 aliphatic carbocycles. The molecule has 0 heterocycles. The van der Waals surface area contributed by atoms with Crippen LogP contribution in [0.15, 0.2) is 30.3 Å². The maximum absolute atomic E-state index is 13.6. The molecule has 2 aliphatic rings. The monoisotopic (exact) mass is 514 g/mol. The Labute approximate surface area is 222 Å². The fourth-order valence-electron chi connectivity index (χ4n) is 5.51. The molecule has 37 heavy (non-hydrogen) atoms. The zero-order chi connectivity index (χ0) is 26.7. The van der Waals surface area contributed by atoms with Crippen LogP contribution < -0.4 is 10.6 Å².